The quantitative estimate of drug-likeness (QED) is 0.715. The van der Waals surface area contributed by atoms with Crippen molar-refractivity contribution in [1.82, 2.24) is 9.78 Å². The van der Waals surface area contributed by atoms with Gasteiger partial charge in [-0.3, -0.25) is 4.68 Å². The van der Waals surface area contributed by atoms with Gasteiger partial charge in [0.05, 0.1) is 5.69 Å². The molecule has 1 rings (SSSR count). The first-order valence-corrected chi connectivity index (χ1v) is 5.06. The smallest absolute Gasteiger partial charge is 0.102 e. The molecule has 0 atom stereocenters. The molecule has 2 nitrogen and oxygen atoms in total. The van der Waals surface area contributed by atoms with Crippen molar-refractivity contribution in [3.8, 4) is 0 Å². The summed E-state index contributed by atoms with van der Waals surface area (Å²) in [7, 11) is 0. The molecular formula is C9H14N2S. The minimum Gasteiger partial charge on any atom is -0.257 e. The van der Waals surface area contributed by atoms with E-state index < -0.39 is 0 Å². The first-order valence-electron chi connectivity index (χ1n) is 3.84. The van der Waals surface area contributed by atoms with Gasteiger partial charge < -0.3 is 0 Å². The molecule has 0 amide bonds. The van der Waals surface area contributed by atoms with Crippen LogP contribution in [0, 0.1) is 0 Å². The maximum Gasteiger partial charge on any atom is 0.102 e. The van der Waals surface area contributed by atoms with Gasteiger partial charge in [-0.15, -0.1) is 11.8 Å². The van der Waals surface area contributed by atoms with Crippen LogP contribution in [0.2, 0.25) is 0 Å². The summed E-state index contributed by atoms with van der Waals surface area (Å²) in [4.78, 5) is 0.0290. The van der Waals surface area contributed by atoms with Gasteiger partial charge in [0.15, 0.2) is 0 Å². The molecule has 66 valence electrons. The molecule has 0 aliphatic heterocycles. The Labute approximate surface area is 77.7 Å². The van der Waals surface area contributed by atoms with Gasteiger partial charge in [-0.1, -0.05) is 6.58 Å². The zero-order valence-electron chi connectivity index (χ0n) is 7.74. The average molecular weight is 182 g/mol. The van der Waals surface area contributed by atoms with Gasteiger partial charge in [-0.2, -0.15) is 5.10 Å². The van der Waals surface area contributed by atoms with Gasteiger partial charge in [0.2, 0.25) is 0 Å². The van der Waals surface area contributed by atoms with Crippen LogP contribution in [0.4, 0.5) is 0 Å². The molecule has 0 saturated heterocycles. The van der Waals surface area contributed by atoms with Gasteiger partial charge >= 0.3 is 0 Å². The highest BCUT2D eigenvalue weighted by molar-refractivity contribution is 7.99. The molecule has 0 N–H and O–H groups in total. The van der Waals surface area contributed by atoms with Crippen molar-refractivity contribution >= 4 is 17.8 Å². The van der Waals surface area contributed by atoms with Crippen molar-refractivity contribution < 1.29 is 0 Å². The van der Waals surface area contributed by atoms with Crippen LogP contribution in [0.1, 0.15) is 19.5 Å². The minimum atomic E-state index is 0.0290. The molecule has 1 aromatic rings. The van der Waals surface area contributed by atoms with E-state index in [2.05, 4.69) is 31.8 Å². The van der Waals surface area contributed by atoms with E-state index >= 15 is 0 Å². The van der Waals surface area contributed by atoms with E-state index in [1.165, 1.54) is 0 Å². The second-order valence-electron chi connectivity index (χ2n) is 3.04. The summed E-state index contributed by atoms with van der Waals surface area (Å²) in [6.45, 7) is 7.94. The van der Waals surface area contributed by atoms with Crippen LogP contribution in [-0.2, 0) is 4.87 Å². The maximum atomic E-state index is 4.35. The molecule has 0 unspecified atom stereocenters. The maximum absolute atomic E-state index is 4.35. The number of thioether (sulfide) groups is 1. The first-order chi connectivity index (χ1) is 5.60. The van der Waals surface area contributed by atoms with Gasteiger partial charge in [-0.05, 0) is 32.2 Å². The molecule has 12 heavy (non-hydrogen) atoms. The Bertz CT molecular complexity index is 276. The van der Waals surface area contributed by atoms with Crippen molar-refractivity contribution in [2.24, 2.45) is 0 Å². The van der Waals surface area contributed by atoms with Crippen LogP contribution >= 0.6 is 11.8 Å². The second-order valence-corrected chi connectivity index (χ2v) is 4.45. The lowest BCUT2D eigenvalue weighted by molar-refractivity contribution is 0.478. The highest BCUT2D eigenvalue weighted by atomic mass is 32.2. The van der Waals surface area contributed by atoms with Crippen molar-refractivity contribution in [3.05, 3.63) is 24.5 Å². The number of hydrogen-bond acceptors (Lipinski definition) is 2. The lowest BCUT2D eigenvalue weighted by atomic mass is 10.4. The van der Waals surface area contributed by atoms with Crippen molar-refractivity contribution in [2.45, 2.75) is 18.7 Å². The van der Waals surface area contributed by atoms with Crippen LogP contribution < -0.4 is 0 Å². The van der Waals surface area contributed by atoms with Gasteiger partial charge in [0.25, 0.3) is 0 Å². The van der Waals surface area contributed by atoms with Gasteiger partial charge in [0, 0.05) is 6.20 Å². The topological polar surface area (TPSA) is 17.8 Å². The molecule has 3 heteroatoms. The van der Waals surface area contributed by atoms with Crippen molar-refractivity contribution in [3.63, 3.8) is 0 Å². The van der Waals surface area contributed by atoms with E-state index in [9.17, 15) is 0 Å². The van der Waals surface area contributed by atoms with Crippen LogP contribution in [0.25, 0.3) is 6.08 Å². The molecule has 0 radical (unpaired) electrons. The lowest BCUT2D eigenvalue weighted by Gasteiger charge is -2.22. The van der Waals surface area contributed by atoms with E-state index in [0.717, 1.165) is 5.69 Å². The summed E-state index contributed by atoms with van der Waals surface area (Å²) in [6.07, 6.45) is 5.82. The third kappa shape index (κ3) is 1.72. The third-order valence-corrected chi connectivity index (χ3v) is 3.06. The molecule has 0 spiro atoms. The summed E-state index contributed by atoms with van der Waals surface area (Å²) >= 11 is 1.77. The van der Waals surface area contributed by atoms with Crippen LogP contribution in [0.5, 0.6) is 0 Å². The van der Waals surface area contributed by atoms with Crippen LogP contribution in [0.3, 0.4) is 0 Å². The van der Waals surface area contributed by atoms with Crippen molar-refractivity contribution in [2.75, 3.05) is 6.26 Å². The van der Waals surface area contributed by atoms with Crippen LogP contribution in [0.15, 0.2) is 18.8 Å². The summed E-state index contributed by atoms with van der Waals surface area (Å²) in [5.74, 6) is 0. The van der Waals surface area contributed by atoms with Crippen LogP contribution in [-0.4, -0.2) is 16.0 Å². The number of aromatic nitrogens is 2. The molecule has 1 aromatic heterocycles. The normalized spacial score (nSPS) is 11.6. The summed E-state index contributed by atoms with van der Waals surface area (Å²) in [5, 5.41) is 4.35. The van der Waals surface area contributed by atoms with E-state index in [-0.39, 0.29) is 4.87 Å². The lowest BCUT2D eigenvalue weighted by Crippen LogP contribution is -2.22. The van der Waals surface area contributed by atoms with Crippen molar-refractivity contribution in [1.29, 1.82) is 0 Å². The van der Waals surface area contributed by atoms with E-state index in [0.29, 0.717) is 0 Å². The van der Waals surface area contributed by atoms with E-state index in [1.54, 1.807) is 17.8 Å². The average Bonchev–Trinajstić information content (AvgIpc) is 2.52. The molecule has 0 aliphatic carbocycles. The Kier molecular flexibility index (Phi) is 2.62. The zero-order valence-corrected chi connectivity index (χ0v) is 8.56. The summed E-state index contributed by atoms with van der Waals surface area (Å²) in [5.41, 5.74) is 0.928. The fourth-order valence-electron chi connectivity index (χ4n) is 0.840. The first kappa shape index (κ1) is 9.39. The fourth-order valence-corrected chi connectivity index (χ4v) is 1.13. The van der Waals surface area contributed by atoms with E-state index in [4.69, 9.17) is 0 Å². The Balaban J connectivity index is 2.95. The number of hydrogen-bond donors (Lipinski definition) is 0. The molecule has 0 bridgehead atoms. The Hall–Kier alpha value is -0.700. The summed E-state index contributed by atoms with van der Waals surface area (Å²) in [6, 6.07) is 1.96. The van der Waals surface area contributed by atoms with Gasteiger partial charge in [-0.25, -0.2) is 0 Å². The SMILES string of the molecule is C=Cc1ccn(C(C)(C)SC)n1. The third-order valence-electron chi connectivity index (χ3n) is 1.87. The Morgan fingerprint density at radius 3 is 2.75 bits per heavy atom. The van der Waals surface area contributed by atoms with E-state index in [1.807, 2.05) is 16.9 Å². The highest BCUT2D eigenvalue weighted by Gasteiger charge is 2.18. The minimum absolute atomic E-state index is 0.0290. The number of rotatable bonds is 3. The monoisotopic (exact) mass is 182 g/mol. The standard InChI is InChI=1S/C9H14N2S/c1-5-8-6-7-11(10-8)9(2,3)12-4/h5-7H,1H2,2-4H3. The molecule has 0 aliphatic rings. The molecule has 0 fully saturated rings. The molecule has 1 heterocycles. The predicted octanol–water partition coefficient (Wildman–Crippen LogP) is 2.58. The fraction of sp³-hybridized carbons (Fsp3) is 0.444. The molecule has 0 saturated carbocycles. The Morgan fingerprint density at radius 1 is 1.67 bits per heavy atom. The van der Waals surface area contributed by atoms with Gasteiger partial charge in [0.1, 0.15) is 4.87 Å². The largest absolute Gasteiger partial charge is 0.257 e. The number of nitrogens with zero attached hydrogens (tertiary/aromatic N) is 2. The summed E-state index contributed by atoms with van der Waals surface area (Å²) < 4.78 is 1.95. The molecular weight excluding hydrogens is 168 g/mol. The second kappa shape index (κ2) is 3.35. The molecule has 0 aromatic carbocycles. The predicted molar refractivity (Wildman–Crippen MR) is 55.2 cm³/mol. The zero-order chi connectivity index (χ0) is 9.19. The highest BCUT2D eigenvalue weighted by Crippen LogP contribution is 2.26. The Morgan fingerprint density at radius 2 is 2.33 bits per heavy atom.